The maximum absolute atomic E-state index is 12.6. The van der Waals surface area contributed by atoms with Gasteiger partial charge in [0.2, 0.25) is 5.78 Å². The van der Waals surface area contributed by atoms with Crippen LogP contribution in [0.5, 0.6) is 5.75 Å². The van der Waals surface area contributed by atoms with Gasteiger partial charge >= 0.3 is 0 Å². The van der Waals surface area contributed by atoms with E-state index in [9.17, 15) is 9.59 Å². The van der Waals surface area contributed by atoms with Crippen molar-refractivity contribution in [2.75, 3.05) is 7.11 Å². The number of pyridine rings is 1. The zero-order chi connectivity index (χ0) is 14.4. The number of methoxy groups -OCH3 is 1. The van der Waals surface area contributed by atoms with Crippen molar-refractivity contribution < 1.29 is 14.3 Å². The Bertz CT molecular complexity index is 768. The van der Waals surface area contributed by atoms with Crippen LogP contribution >= 0.6 is 22.6 Å². The highest BCUT2D eigenvalue weighted by molar-refractivity contribution is 14.1. The molecule has 0 radical (unpaired) electrons. The van der Waals surface area contributed by atoms with Crippen molar-refractivity contribution in [2.45, 2.75) is 6.92 Å². The van der Waals surface area contributed by atoms with Gasteiger partial charge in [-0.05, 0) is 41.1 Å². The lowest BCUT2D eigenvalue weighted by molar-refractivity contribution is 0.0972. The third kappa shape index (κ3) is 1.69. The smallest absolute Gasteiger partial charge is 0.216 e. The Balaban J connectivity index is 2.37. The fraction of sp³-hybridized carbons (Fsp3) is 0.133. The topological polar surface area (TPSA) is 56.3 Å². The zero-order valence-corrected chi connectivity index (χ0v) is 13.0. The summed E-state index contributed by atoms with van der Waals surface area (Å²) < 4.78 is 6.07. The zero-order valence-electron chi connectivity index (χ0n) is 10.9. The number of carbonyl (C=O) groups is 2. The highest BCUT2D eigenvalue weighted by Gasteiger charge is 2.34. The molecule has 5 heteroatoms. The van der Waals surface area contributed by atoms with E-state index < -0.39 is 0 Å². The molecule has 1 heterocycles. The highest BCUT2D eigenvalue weighted by atomic mass is 127. The lowest BCUT2D eigenvalue weighted by Crippen LogP contribution is -2.24. The fourth-order valence-corrected chi connectivity index (χ4v) is 2.82. The summed E-state index contributed by atoms with van der Waals surface area (Å²) in [7, 11) is 1.48. The summed E-state index contributed by atoms with van der Waals surface area (Å²) in [4.78, 5) is 29.4. The molecular weight excluding hydrogens is 369 g/mol. The summed E-state index contributed by atoms with van der Waals surface area (Å²) in [6, 6.07) is 5.04. The van der Waals surface area contributed by atoms with Gasteiger partial charge in [0.15, 0.2) is 5.78 Å². The van der Waals surface area contributed by atoms with Crippen molar-refractivity contribution >= 4 is 34.2 Å². The lowest BCUT2D eigenvalue weighted by Gasteiger charge is -2.20. The molecule has 0 aliphatic heterocycles. The second-order valence-corrected chi connectivity index (χ2v) is 5.66. The molecule has 0 fully saturated rings. The Kier molecular flexibility index (Phi) is 3.08. The van der Waals surface area contributed by atoms with Gasteiger partial charge in [-0.15, -0.1) is 0 Å². The molecule has 1 aliphatic carbocycles. The van der Waals surface area contributed by atoms with Gasteiger partial charge in [-0.3, -0.25) is 14.6 Å². The van der Waals surface area contributed by atoms with Gasteiger partial charge in [-0.2, -0.15) is 0 Å². The van der Waals surface area contributed by atoms with Crippen molar-refractivity contribution in [1.29, 1.82) is 0 Å². The van der Waals surface area contributed by atoms with Crippen LogP contribution < -0.4 is 4.74 Å². The summed E-state index contributed by atoms with van der Waals surface area (Å²) >= 11 is 2.11. The quantitative estimate of drug-likeness (QED) is 0.611. The van der Waals surface area contributed by atoms with Gasteiger partial charge in [0.1, 0.15) is 11.4 Å². The molecule has 0 bridgehead atoms. The number of rotatable bonds is 1. The Morgan fingerprint density at radius 1 is 1.15 bits per heavy atom. The van der Waals surface area contributed by atoms with Gasteiger partial charge in [0, 0.05) is 15.3 Å². The van der Waals surface area contributed by atoms with E-state index in [2.05, 4.69) is 27.6 Å². The summed E-state index contributed by atoms with van der Waals surface area (Å²) in [5.74, 6) is -0.0203. The average Bonchev–Trinajstić information content (AvgIpc) is 2.46. The molecule has 0 amide bonds. The lowest BCUT2D eigenvalue weighted by atomic mass is 9.84. The number of ketones is 2. The molecule has 3 rings (SSSR count). The Morgan fingerprint density at radius 3 is 2.60 bits per heavy atom. The second-order valence-electron chi connectivity index (χ2n) is 4.50. The van der Waals surface area contributed by atoms with Crippen LogP contribution in [0.25, 0.3) is 0 Å². The molecule has 20 heavy (non-hydrogen) atoms. The first-order valence-electron chi connectivity index (χ1n) is 5.97. The number of hydrogen-bond donors (Lipinski definition) is 0. The largest absolute Gasteiger partial charge is 0.496 e. The first-order valence-corrected chi connectivity index (χ1v) is 7.05. The number of benzene rings is 1. The number of nitrogens with zero attached hydrogens (tertiary/aromatic N) is 1. The SMILES string of the molecule is COc1cccc2c1C(=O)c1ncc(I)c(C)c1C2=O. The molecule has 4 nitrogen and oxygen atoms in total. The van der Waals surface area contributed by atoms with Gasteiger partial charge in [0.05, 0.1) is 18.2 Å². The van der Waals surface area contributed by atoms with Gasteiger partial charge in [0.25, 0.3) is 0 Å². The Hall–Kier alpha value is -1.76. The summed E-state index contributed by atoms with van der Waals surface area (Å²) in [5, 5.41) is 0. The molecule has 2 aromatic rings. The molecule has 0 atom stereocenters. The molecule has 0 unspecified atom stereocenters. The van der Waals surface area contributed by atoms with E-state index >= 15 is 0 Å². The Labute approximate surface area is 129 Å². The molecule has 1 aromatic carbocycles. The molecule has 0 saturated carbocycles. The van der Waals surface area contributed by atoms with E-state index in [4.69, 9.17) is 4.74 Å². The number of halogens is 1. The van der Waals surface area contributed by atoms with Crippen LogP contribution in [0.1, 0.15) is 37.5 Å². The average molecular weight is 379 g/mol. The predicted molar refractivity (Wildman–Crippen MR) is 81.6 cm³/mol. The molecule has 0 saturated heterocycles. The van der Waals surface area contributed by atoms with E-state index in [1.165, 1.54) is 7.11 Å². The van der Waals surface area contributed by atoms with Crippen LogP contribution in [0.4, 0.5) is 0 Å². The predicted octanol–water partition coefficient (Wildman–Crippen LogP) is 2.78. The Morgan fingerprint density at radius 2 is 1.90 bits per heavy atom. The van der Waals surface area contributed by atoms with E-state index in [1.807, 2.05) is 6.92 Å². The van der Waals surface area contributed by atoms with Crippen molar-refractivity contribution in [3.8, 4) is 5.75 Å². The van der Waals surface area contributed by atoms with E-state index in [0.29, 0.717) is 22.4 Å². The van der Waals surface area contributed by atoms with Crippen molar-refractivity contribution in [2.24, 2.45) is 0 Å². The molecule has 100 valence electrons. The van der Waals surface area contributed by atoms with Crippen molar-refractivity contribution in [1.82, 2.24) is 4.98 Å². The van der Waals surface area contributed by atoms with Gasteiger partial charge in [-0.1, -0.05) is 12.1 Å². The first kappa shape index (κ1) is 13.2. The normalized spacial score (nSPS) is 12.9. The van der Waals surface area contributed by atoms with Crippen LogP contribution in [0.3, 0.4) is 0 Å². The summed E-state index contributed by atoms with van der Waals surface area (Å²) in [6.45, 7) is 1.83. The maximum Gasteiger partial charge on any atom is 0.216 e. The minimum Gasteiger partial charge on any atom is -0.496 e. The van der Waals surface area contributed by atoms with E-state index in [-0.39, 0.29) is 17.3 Å². The van der Waals surface area contributed by atoms with E-state index in [0.717, 1.165) is 9.13 Å². The minimum atomic E-state index is -0.258. The van der Waals surface area contributed by atoms with Crippen LogP contribution in [-0.2, 0) is 0 Å². The van der Waals surface area contributed by atoms with E-state index in [1.54, 1.807) is 24.4 Å². The number of carbonyl (C=O) groups excluding carboxylic acids is 2. The molecule has 1 aromatic heterocycles. The first-order chi connectivity index (χ1) is 9.56. The third-order valence-electron chi connectivity index (χ3n) is 3.44. The van der Waals surface area contributed by atoms with Crippen LogP contribution in [0, 0.1) is 10.5 Å². The van der Waals surface area contributed by atoms with Crippen molar-refractivity contribution in [3.63, 3.8) is 0 Å². The number of hydrogen-bond acceptors (Lipinski definition) is 4. The molecular formula is C15H10INO3. The van der Waals surface area contributed by atoms with Gasteiger partial charge in [-0.25, -0.2) is 0 Å². The number of fused-ring (bicyclic) bond motifs is 2. The minimum absolute atomic E-state index is 0.169. The number of aromatic nitrogens is 1. The van der Waals surface area contributed by atoms with Crippen LogP contribution in [0.2, 0.25) is 0 Å². The molecule has 1 aliphatic rings. The number of ether oxygens (including phenoxy) is 1. The van der Waals surface area contributed by atoms with Crippen LogP contribution in [0.15, 0.2) is 24.4 Å². The summed E-state index contributed by atoms with van der Waals surface area (Å²) in [5.41, 5.74) is 2.10. The second kappa shape index (κ2) is 4.66. The highest BCUT2D eigenvalue weighted by Crippen LogP contribution is 2.34. The maximum atomic E-state index is 12.6. The standard InChI is InChI=1S/C15H10INO3/c1-7-9(16)6-17-13-11(7)14(18)8-4-3-5-10(20-2)12(8)15(13)19/h3-6H,1-2H3. The fourth-order valence-electron chi connectivity index (χ4n) is 2.41. The van der Waals surface area contributed by atoms with Crippen molar-refractivity contribution in [3.05, 3.63) is 55.9 Å². The molecule has 0 spiro atoms. The summed E-state index contributed by atoms with van der Waals surface area (Å²) in [6.07, 6.45) is 1.61. The van der Waals surface area contributed by atoms with Crippen LogP contribution in [-0.4, -0.2) is 23.7 Å². The van der Waals surface area contributed by atoms with Gasteiger partial charge < -0.3 is 4.74 Å². The monoisotopic (exact) mass is 379 g/mol. The third-order valence-corrected chi connectivity index (χ3v) is 4.52. The molecule has 0 N–H and O–H groups in total.